The number of carbonyl (C=O) groups excluding carboxylic acids is 2. The van der Waals surface area contributed by atoms with Crippen molar-refractivity contribution in [3.8, 4) is 0 Å². The molecular formula is C25H28N4O4S2. The van der Waals surface area contributed by atoms with Crippen LogP contribution in [0.4, 0.5) is 5.69 Å². The summed E-state index contributed by atoms with van der Waals surface area (Å²) in [6.07, 6.45) is 2.50. The summed E-state index contributed by atoms with van der Waals surface area (Å²) in [5, 5.41) is 4.13. The molecule has 0 spiro atoms. The second kappa shape index (κ2) is 10.1. The number of carbonyl (C=O) groups is 2. The highest BCUT2D eigenvalue weighted by atomic mass is 32.2. The lowest BCUT2D eigenvalue weighted by molar-refractivity contribution is -0.129. The molecule has 2 aliphatic heterocycles. The van der Waals surface area contributed by atoms with Gasteiger partial charge >= 0.3 is 0 Å². The normalized spacial score (nSPS) is 17.5. The highest BCUT2D eigenvalue weighted by Crippen LogP contribution is 2.34. The van der Waals surface area contributed by atoms with E-state index >= 15 is 0 Å². The molecule has 3 aromatic rings. The highest BCUT2D eigenvalue weighted by Gasteiger charge is 2.27. The molecule has 1 N–H and O–H groups in total. The van der Waals surface area contributed by atoms with Crippen molar-refractivity contribution in [2.24, 2.45) is 0 Å². The van der Waals surface area contributed by atoms with E-state index in [4.69, 9.17) is 9.72 Å². The van der Waals surface area contributed by atoms with Crippen molar-refractivity contribution < 1.29 is 14.3 Å². The fourth-order valence-corrected chi connectivity index (χ4v) is 6.70. The molecule has 0 unspecified atom stereocenters. The predicted molar refractivity (Wildman–Crippen MR) is 138 cm³/mol. The number of hydrogen-bond donors (Lipinski definition) is 1. The summed E-state index contributed by atoms with van der Waals surface area (Å²) in [6, 6.07) is 7.63. The maximum Gasteiger partial charge on any atom is 0.263 e. The number of aryl methyl sites for hydroxylation is 1. The van der Waals surface area contributed by atoms with E-state index < -0.39 is 0 Å². The SMILES string of the molecule is CC(=O)N1CCc2c(sc3nc(SCC(=O)Nc4ccccc4C)n(C[C@@H]4CCCO4)c(=O)c23)C1. The first-order valence-electron chi connectivity index (χ1n) is 11.8. The Morgan fingerprint density at radius 1 is 1.31 bits per heavy atom. The van der Waals surface area contributed by atoms with Crippen LogP contribution in [0.5, 0.6) is 0 Å². The molecule has 1 aromatic carbocycles. The molecule has 2 aromatic heterocycles. The first-order valence-corrected chi connectivity index (χ1v) is 13.6. The number of amides is 2. The van der Waals surface area contributed by atoms with Gasteiger partial charge in [0.05, 0.1) is 30.3 Å². The maximum atomic E-state index is 13.7. The zero-order valence-electron chi connectivity index (χ0n) is 19.8. The largest absolute Gasteiger partial charge is 0.376 e. The molecule has 0 saturated carbocycles. The van der Waals surface area contributed by atoms with Gasteiger partial charge in [-0.2, -0.15) is 0 Å². The number of nitrogens with one attached hydrogen (secondary N) is 1. The number of fused-ring (bicyclic) bond motifs is 3. The Balaban J connectivity index is 1.45. The molecule has 8 nitrogen and oxygen atoms in total. The van der Waals surface area contributed by atoms with Gasteiger partial charge in [-0.05, 0) is 43.4 Å². The summed E-state index contributed by atoms with van der Waals surface area (Å²) < 4.78 is 7.50. The third kappa shape index (κ3) is 5.00. The maximum absolute atomic E-state index is 13.7. The third-order valence-electron chi connectivity index (χ3n) is 6.53. The van der Waals surface area contributed by atoms with Crippen LogP contribution in [0.15, 0.2) is 34.2 Å². The number of ether oxygens (including phenoxy) is 1. The highest BCUT2D eigenvalue weighted by molar-refractivity contribution is 7.99. The molecule has 0 bridgehead atoms. The van der Waals surface area contributed by atoms with Gasteiger partial charge in [-0.3, -0.25) is 19.0 Å². The van der Waals surface area contributed by atoms with Crippen LogP contribution in [-0.4, -0.2) is 51.3 Å². The number of thiophene rings is 1. The summed E-state index contributed by atoms with van der Waals surface area (Å²) in [6.45, 7) is 5.76. The Hall–Kier alpha value is -2.69. The predicted octanol–water partition coefficient (Wildman–Crippen LogP) is 3.58. The van der Waals surface area contributed by atoms with E-state index in [-0.39, 0.29) is 29.2 Å². The van der Waals surface area contributed by atoms with Crippen molar-refractivity contribution in [2.45, 2.75) is 57.5 Å². The van der Waals surface area contributed by atoms with Crippen molar-refractivity contribution in [3.63, 3.8) is 0 Å². The smallest absolute Gasteiger partial charge is 0.263 e. The molecule has 2 aliphatic rings. The van der Waals surface area contributed by atoms with Gasteiger partial charge in [0.1, 0.15) is 4.83 Å². The molecule has 10 heteroatoms. The molecular weight excluding hydrogens is 484 g/mol. The van der Waals surface area contributed by atoms with Gasteiger partial charge in [0.25, 0.3) is 5.56 Å². The van der Waals surface area contributed by atoms with Gasteiger partial charge in [0, 0.05) is 30.6 Å². The van der Waals surface area contributed by atoms with Gasteiger partial charge < -0.3 is 15.0 Å². The van der Waals surface area contributed by atoms with E-state index in [2.05, 4.69) is 5.32 Å². The third-order valence-corrected chi connectivity index (χ3v) is 8.62. The average Bonchev–Trinajstić information content (AvgIpc) is 3.48. The second-order valence-corrected chi connectivity index (χ2v) is 11.0. The molecule has 1 atom stereocenters. The topological polar surface area (TPSA) is 93.5 Å². The Morgan fingerprint density at radius 3 is 2.89 bits per heavy atom. The first-order chi connectivity index (χ1) is 16.9. The van der Waals surface area contributed by atoms with E-state index in [1.165, 1.54) is 23.1 Å². The number of nitrogens with zero attached hydrogens (tertiary/aromatic N) is 3. The molecule has 0 radical (unpaired) electrons. The van der Waals surface area contributed by atoms with Gasteiger partial charge in [0.15, 0.2) is 5.16 Å². The summed E-state index contributed by atoms with van der Waals surface area (Å²) in [4.78, 5) is 46.7. The number of aromatic nitrogens is 2. The molecule has 1 saturated heterocycles. The molecule has 184 valence electrons. The van der Waals surface area contributed by atoms with Crippen LogP contribution in [0.1, 0.15) is 35.8 Å². The van der Waals surface area contributed by atoms with Crippen LogP contribution in [0.3, 0.4) is 0 Å². The number of para-hydroxylation sites is 1. The van der Waals surface area contributed by atoms with Gasteiger partial charge in [0.2, 0.25) is 11.8 Å². The van der Waals surface area contributed by atoms with Gasteiger partial charge in [-0.25, -0.2) is 4.98 Å². The molecule has 35 heavy (non-hydrogen) atoms. The van der Waals surface area contributed by atoms with Crippen molar-refractivity contribution in [1.82, 2.24) is 14.5 Å². The molecule has 4 heterocycles. The Bertz CT molecular complexity index is 1340. The number of rotatable bonds is 6. The summed E-state index contributed by atoms with van der Waals surface area (Å²) in [7, 11) is 0. The summed E-state index contributed by atoms with van der Waals surface area (Å²) in [5.74, 6) is 0.0266. The zero-order chi connectivity index (χ0) is 24.5. The van der Waals surface area contributed by atoms with Gasteiger partial charge in [-0.15, -0.1) is 11.3 Å². The van der Waals surface area contributed by atoms with E-state index in [9.17, 15) is 14.4 Å². The Kier molecular flexibility index (Phi) is 6.95. The lowest BCUT2D eigenvalue weighted by Gasteiger charge is -2.25. The van der Waals surface area contributed by atoms with Crippen LogP contribution in [0.25, 0.3) is 10.2 Å². The van der Waals surface area contributed by atoms with Crippen molar-refractivity contribution in [3.05, 3.63) is 50.6 Å². The number of benzene rings is 1. The van der Waals surface area contributed by atoms with Crippen LogP contribution in [0, 0.1) is 6.92 Å². The minimum atomic E-state index is -0.148. The van der Waals surface area contributed by atoms with Crippen LogP contribution >= 0.6 is 23.1 Å². The fraction of sp³-hybridized carbons (Fsp3) is 0.440. The van der Waals surface area contributed by atoms with Crippen molar-refractivity contribution in [2.75, 3.05) is 24.2 Å². The molecule has 0 aliphatic carbocycles. The van der Waals surface area contributed by atoms with Crippen molar-refractivity contribution in [1.29, 1.82) is 0 Å². The monoisotopic (exact) mass is 512 g/mol. The first kappa shape index (κ1) is 24.0. The summed E-state index contributed by atoms with van der Waals surface area (Å²) in [5.41, 5.74) is 2.69. The van der Waals surface area contributed by atoms with E-state index in [1.807, 2.05) is 31.2 Å². The lowest BCUT2D eigenvalue weighted by Crippen LogP contribution is -2.34. The minimum absolute atomic E-state index is 0.0326. The van der Waals surface area contributed by atoms with Crippen LogP contribution in [0.2, 0.25) is 0 Å². The quantitative estimate of drug-likeness (QED) is 0.401. The van der Waals surface area contributed by atoms with E-state index in [1.54, 1.807) is 16.4 Å². The standard InChI is InChI=1S/C25H28N4O4S2/c1-15-6-3-4-8-19(15)26-21(31)14-34-25-27-23-22(24(32)29(25)12-17-7-5-11-33-17)18-9-10-28(16(2)30)13-20(18)35-23/h3-4,6,8,17H,5,7,9-14H2,1-2H3,(H,26,31)/t17-/m0/s1. The average molecular weight is 513 g/mol. The number of thioether (sulfide) groups is 1. The molecule has 1 fully saturated rings. The second-order valence-electron chi connectivity index (χ2n) is 8.97. The van der Waals surface area contributed by atoms with Crippen molar-refractivity contribution >= 4 is 50.8 Å². The van der Waals surface area contributed by atoms with Crippen LogP contribution < -0.4 is 10.9 Å². The lowest BCUT2D eigenvalue weighted by atomic mass is 10.1. The van der Waals surface area contributed by atoms with Crippen LogP contribution in [-0.2, 0) is 33.8 Å². The number of anilines is 1. The van der Waals surface area contributed by atoms with E-state index in [0.717, 1.165) is 34.5 Å². The zero-order valence-corrected chi connectivity index (χ0v) is 21.5. The number of hydrogen-bond acceptors (Lipinski definition) is 7. The Labute approximate surface area is 211 Å². The van der Waals surface area contributed by atoms with E-state index in [0.29, 0.717) is 48.0 Å². The Morgan fingerprint density at radius 2 is 2.14 bits per heavy atom. The van der Waals surface area contributed by atoms with Gasteiger partial charge in [-0.1, -0.05) is 30.0 Å². The molecule has 5 rings (SSSR count). The molecule has 2 amide bonds. The minimum Gasteiger partial charge on any atom is -0.376 e. The fourth-order valence-electron chi connectivity index (χ4n) is 4.62. The summed E-state index contributed by atoms with van der Waals surface area (Å²) >= 11 is 2.75.